The van der Waals surface area contributed by atoms with Gasteiger partial charge >= 0.3 is 6.09 Å². The van der Waals surface area contributed by atoms with Gasteiger partial charge in [0.15, 0.2) is 11.5 Å². The van der Waals surface area contributed by atoms with Crippen LogP contribution in [0, 0.1) is 0 Å². The van der Waals surface area contributed by atoms with E-state index in [1.165, 1.54) is 7.05 Å². The van der Waals surface area contributed by atoms with Crippen LogP contribution in [0.5, 0.6) is 11.5 Å². The van der Waals surface area contributed by atoms with E-state index in [-0.39, 0.29) is 6.61 Å². The minimum absolute atomic E-state index is 0.212. The van der Waals surface area contributed by atoms with Crippen LogP contribution in [0.1, 0.15) is 5.56 Å². The van der Waals surface area contributed by atoms with Crippen LogP contribution in [0.3, 0.4) is 0 Å². The smallest absolute Gasteiger partial charge is 0.412 e. The number of aliphatic hydroxyl groups excluding tert-OH is 1. The van der Waals surface area contributed by atoms with Gasteiger partial charge in [0, 0.05) is 46.3 Å². The van der Waals surface area contributed by atoms with E-state index in [2.05, 4.69) is 15.1 Å². The molecule has 0 aliphatic carbocycles. The molecule has 7 heteroatoms. The van der Waals surface area contributed by atoms with E-state index in [1.807, 2.05) is 12.1 Å². The summed E-state index contributed by atoms with van der Waals surface area (Å²) in [5.41, 5.74) is 1.11. The molecule has 0 unspecified atom stereocenters. The standard InChI is InChI=1S/C16H25N3O4/c1-17-16(21)23-14-4-3-13(11-15(14)22-2)12-19-7-5-18(6-8-19)9-10-20/h3-4,11,20H,5-10,12H2,1-2H3,(H,17,21). The van der Waals surface area contributed by atoms with E-state index < -0.39 is 6.09 Å². The van der Waals surface area contributed by atoms with Crippen LogP contribution in [0.15, 0.2) is 18.2 Å². The molecule has 128 valence electrons. The van der Waals surface area contributed by atoms with Crippen LogP contribution >= 0.6 is 0 Å². The molecule has 0 aromatic heterocycles. The third-order valence-corrected chi connectivity index (χ3v) is 3.92. The quantitative estimate of drug-likeness (QED) is 0.795. The van der Waals surface area contributed by atoms with E-state index in [1.54, 1.807) is 13.2 Å². The molecule has 23 heavy (non-hydrogen) atoms. The predicted octanol–water partition coefficient (Wildman–Crippen LogP) is 0.523. The number of nitrogens with one attached hydrogen (secondary N) is 1. The maximum absolute atomic E-state index is 11.3. The van der Waals surface area contributed by atoms with Crippen molar-refractivity contribution in [3.8, 4) is 11.5 Å². The van der Waals surface area contributed by atoms with Crippen molar-refractivity contribution in [3.05, 3.63) is 23.8 Å². The molecule has 1 fully saturated rings. The Kier molecular flexibility index (Phi) is 6.64. The second-order valence-corrected chi connectivity index (χ2v) is 5.47. The van der Waals surface area contributed by atoms with Crippen molar-refractivity contribution < 1.29 is 19.4 Å². The van der Waals surface area contributed by atoms with Crippen molar-refractivity contribution in [1.29, 1.82) is 0 Å². The fourth-order valence-electron chi connectivity index (χ4n) is 2.62. The van der Waals surface area contributed by atoms with E-state index in [0.29, 0.717) is 11.5 Å². The number of β-amino-alcohol motifs (C(OH)–C–C–N with tert-alkyl or cyclic N) is 1. The molecule has 1 aromatic rings. The molecule has 0 bridgehead atoms. The summed E-state index contributed by atoms with van der Waals surface area (Å²) in [6.07, 6.45) is -0.518. The monoisotopic (exact) mass is 323 g/mol. The molecule has 0 radical (unpaired) electrons. The number of carbonyl (C=O) groups is 1. The number of carbonyl (C=O) groups excluding carboxylic acids is 1. The molecule has 1 heterocycles. The first-order valence-corrected chi connectivity index (χ1v) is 7.78. The van der Waals surface area contributed by atoms with Crippen LogP contribution < -0.4 is 14.8 Å². The van der Waals surface area contributed by atoms with Gasteiger partial charge in [-0.25, -0.2) is 4.79 Å². The Hall–Kier alpha value is -1.83. The second kappa shape index (κ2) is 8.71. The number of benzene rings is 1. The van der Waals surface area contributed by atoms with Crippen molar-refractivity contribution in [2.75, 3.05) is 53.5 Å². The van der Waals surface area contributed by atoms with E-state index in [4.69, 9.17) is 14.6 Å². The first kappa shape index (κ1) is 17.5. The summed E-state index contributed by atoms with van der Waals surface area (Å²) in [6.45, 7) is 5.66. The summed E-state index contributed by atoms with van der Waals surface area (Å²) in [4.78, 5) is 15.9. The molecule has 1 saturated heterocycles. The third kappa shape index (κ3) is 5.09. The summed E-state index contributed by atoms with van der Waals surface area (Å²) >= 11 is 0. The lowest BCUT2D eigenvalue weighted by Crippen LogP contribution is -2.46. The number of nitrogens with zero attached hydrogens (tertiary/aromatic N) is 2. The molecule has 0 atom stereocenters. The normalized spacial score (nSPS) is 16.1. The van der Waals surface area contributed by atoms with Gasteiger partial charge in [-0.1, -0.05) is 6.07 Å². The molecule has 2 rings (SSSR count). The Bertz CT molecular complexity index is 516. The lowest BCUT2D eigenvalue weighted by atomic mass is 10.1. The zero-order valence-corrected chi connectivity index (χ0v) is 13.7. The van der Waals surface area contributed by atoms with Crippen molar-refractivity contribution in [2.24, 2.45) is 0 Å². The molecular weight excluding hydrogens is 298 g/mol. The maximum Gasteiger partial charge on any atom is 0.412 e. The van der Waals surface area contributed by atoms with E-state index in [9.17, 15) is 4.79 Å². The van der Waals surface area contributed by atoms with Gasteiger partial charge in [0.1, 0.15) is 0 Å². The molecule has 1 aliphatic rings. The lowest BCUT2D eigenvalue weighted by Gasteiger charge is -2.34. The summed E-state index contributed by atoms with van der Waals surface area (Å²) < 4.78 is 10.5. The van der Waals surface area contributed by atoms with Gasteiger partial charge in [-0.05, 0) is 17.7 Å². The van der Waals surface area contributed by atoms with Crippen molar-refractivity contribution in [2.45, 2.75) is 6.54 Å². The molecule has 2 N–H and O–H groups in total. The number of ether oxygens (including phenoxy) is 2. The van der Waals surface area contributed by atoms with Crippen molar-refractivity contribution >= 4 is 6.09 Å². The van der Waals surface area contributed by atoms with E-state index >= 15 is 0 Å². The Morgan fingerprint density at radius 2 is 1.91 bits per heavy atom. The van der Waals surface area contributed by atoms with Crippen molar-refractivity contribution in [1.82, 2.24) is 15.1 Å². The van der Waals surface area contributed by atoms with E-state index in [0.717, 1.165) is 44.8 Å². The number of hydrogen-bond acceptors (Lipinski definition) is 6. The molecule has 7 nitrogen and oxygen atoms in total. The van der Waals surface area contributed by atoms with Crippen LogP contribution in [0.2, 0.25) is 0 Å². The van der Waals surface area contributed by atoms with Crippen LogP contribution in [-0.2, 0) is 6.54 Å². The number of aliphatic hydroxyl groups is 1. The minimum Gasteiger partial charge on any atom is -0.493 e. The van der Waals surface area contributed by atoms with Crippen LogP contribution in [0.4, 0.5) is 4.79 Å². The van der Waals surface area contributed by atoms with Crippen LogP contribution in [-0.4, -0.2) is 74.5 Å². The first-order chi connectivity index (χ1) is 11.2. The molecule has 1 aliphatic heterocycles. The van der Waals surface area contributed by atoms with Gasteiger partial charge < -0.3 is 19.9 Å². The van der Waals surface area contributed by atoms with Gasteiger partial charge in [-0.2, -0.15) is 0 Å². The van der Waals surface area contributed by atoms with Crippen LogP contribution in [0.25, 0.3) is 0 Å². The Morgan fingerprint density at radius 1 is 1.22 bits per heavy atom. The fraction of sp³-hybridized carbons (Fsp3) is 0.562. The Labute approximate surface area is 136 Å². The average molecular weight is 323 g/mol. The molecule has 0 spiro atoms. The SMILES string of the molecule is CNC(=O)Oc1ccc(CN2CCN(CCO)CC2)cc1OC. The Balaban J connectivity index is 1.94. The second-order valence-electron chi connectivity index (χ2n) is 5.47. The maximum atomic E-state index is 11.3. The van der Waals surface area contributed by atoms with Gasteiger partial charge in [0.2, 0.25) is 0 Å². The fourth-order valence-corrected chi connectivity index (χ4v) is 2.62. The van der Waals surface area contributed by atoms with Gasteiger partial charge in [-0.3, -0.25) is 9.80 Å². The van der Waals surface area contributed by atoms with Gasteiger partial charge in [-0.15, -0.1) is 0 Å². The zero-order chi connectivity index (χ0) is 16.7. The topological polar surface area (TPSA) is 74.3 Å². The number of piperazine rings is 1. The predicted molar refractivity (Wildman–Crippen MR) is 86.9 cm³/mol. The summed E-state index contributed by atoms with van der Waals surface area (Å²) in [7, 11) is 3.07. The molecule has 1 amide bonds. The summed E-state index contributed by atoms with van der Waals surface area (Å²) in [5, 5.41) is 11.4. The highest BCUT2D eigenvalue weighted by atomic mass is 16.6. The average Bonchev–Trinajstić information content (AvgIpc) is 2.58. The van der Waals surface area contributed by atoms with Gasteiger partial charge in [0.05, 0.1) is 13.7 Å². The Morgan fingerprint density at radius 3 is 2.52 bits per heavy atom. The zero-order valence-electron chi connectivity index (χ0n) is 13.7. The number of methoxy groups -OCH3 is 1. The highest BCUT2D eigenvalue weighted by Gasteiger charge is 2.17. The first-order valence-electron chi connectivity index (χ1n) is 7.78. The molecule has 1 aromatic carbocycles. The molecular formula is C16H25N3O4. The summed E-state index contributed by atoms with van der Waals surface area (Å²) in [6, 6.07) is 5.60. The lowest BCUT2D eigenvalue weighted by molar-refractivity contribution is 0.108. The minimum atomic E-state index is -0.518. The summed E-state index contributed by atoms with van der Waals surface area (Å²) in [5.74, 6) is 0.952. The number of rotatable bonds is 6. The third-order valence-electron chi connectivity index (χ3n) is 3.92. The highest BCUT2D eigenvalue weighted by molar-refractivity contribution is 5.71. The van der Waals surface area contributed by atoms with Crippen molar-refractivity contribution in [3.63, 3.8) is 0 Å². The van der Waals surface area contributed by atoms with Gasteiger partial charge in [0.25, 0.3) is 0 Å². The molecule has 0 saturated carbocycles. The number of amides is 1. The highest BCUT2D eigenvalue weighted by Crippen LogP contribution is 2.28. The largest absolute Gasteiger partial charge is 0.493 e. The number of hydrogen-bond donors (Lipinski definition) is 2.